The van der Waals surface area contributed by atoms with Crippen molar-refractivity contribution in [3.63, 3.8) is 0 Å². The quantitative estimate of drug-likeness (QED) is 0.709. The van der Waals surface area contributed by atoms with Crippen molar-refractivity contribution in [2.24, 2.45) is 0 Å². The summed E-state index contributed by atoms with van der Waals surface area (Å²) < 4.78 is 1.88. The molecule has 0 saturated carbocycles. The maximum absolute atomic E-state index is 4.57. The van der Waals surface area contributed by atoms with Crippen LogP contribution < -0.4 is 0 Å². The molecule has 0 amide bonds. The minimum absolute atomic E-state index is 0.718. The van der Waals surface area contributed by atoms with E-state index in [1.807, 2.05) is 10.7 Å². The molecule has 0 saturated heterocycles. The highest BCUT2D eigenvalue weighted by molar-refractivity contribution is 7.98. The summed E-state index contributed by atoms with van der Waals surface area (Å²) in [6, 6.07) is 6.22. The number of H-pyrrole nitrogens is 1. The Morgan fingerprint density at radius 2 is 2.24 bits per heavy atom. The van der Waals surface area contributed by atoms with Gasteiger partial charge in [0.05, 0.1) is 16.8 Å². The van der Waals surface area contributed by atoms with Crippen LogP contribution in [0.15, 0.2) is 23.4 Å². The number of aromatic nitrogens is 6. The third-order valence-corrected chi connectivity index (χ3v) is 4.15. The molecule has 0 fully saturated rings. The molecule has 0 bridgehead atoms. The van der Waals surface area contributed by atoms with Crippen LogP contribution in [-0.2, 0) is 12.3 Å². The molecule has 110 valence electrons. The van der Waals surface area contributed by atoms with Gasteiger partial charge in [-0.2, -0.15) is 0 Å². The Bertz CT molecular complexity index is 732. The SMILES string of the molecule is CCCCn1nnnc1CSc1nc2ccc(C)cc2[nH]1. The highest BCUT2D eigenvalue weighted by Crippen LogP contribution is 2.22. The average molecular weight is 302 g/mol. The second-order valence-electron chi connectivity index (χ2n) is 5.02. The van der Waals surface area contributed by atoms with Gasteiger partial charge in [0.15, 0.2) is 11.0 Å². The van der Waals surface area contributed by atoms with Crippen LogP contribution in [0, 0.1) is 6.92 Å². The summed E-state index contributed by atoms with van der Waals surface area (Å²) in [5, 5.41) is 12.8. The minimum Gasteiger partial charge on any atom is -0.333 e. The highest BCUT2D eigenvalue weighted by Gasteiger charge is 2.09. The van der Waals surface area contributed by atoms with Crippen LogP contribution in [0.5, 0.6) is 0 Å². The maximum Gasteiger partial charge on any atom is 0.166 e. The lowest BCUT2D eigenvalue weighted by atomic mass is 10.2. The monoisotopic (exact) mass is 302 g/mol. The molecular weight excluding hydrogens is 284 g/mol. The molecule has 1 aromatic carbocycles. The van der Waals surface area contributed by atoms with Crippen LogP contribution in [-0.4, -0.2) is 30.2 Å². The molecule has 0 aliphatic carbocycles. The van der Waals surface area contributed by atoms with Gasteiger partial charge >= 0.3 is 0 Å². The lowest BCUT2D eigenvalue weighted by Gasteiger charge is -2.01. The molecule has 21 heavy (non-hydrogen) atoms. The number of hydrogen-bond acceptors (Lipinski definition) is 5. The van der Waals surface area contributed by atoms with Crippen molar-refractivity contribution in [2.45, 2.75) is 44.1 Å². The number of unbranched alkanes of at least 4 members (excludes halogenated alkanes) is 1. The zero-order chi connectivity index (χ0) is 14.7. The number of nitrogens with one attached hydrogen (secondary N) is 1. The molecule has 0 unspecified atom stereocenters. The Morgan fingerprint density at radius 1 is 1.33 bits per heavy atom. The predicted molar refractivity (Wildman–Crippen MR) is 83.1 cm³/mol. The molecule has 1 N–H and O–H groups in total. The molecule has 7 heteroatoms. The number of tetrazole rings is 1. The Hall–Kier alpha value is -1.89. The number of aromatic amines is 1. The average Bonchev–Trinajstić information content (AvgIpc) is 3.08. The molecule has 0 radical (unpaired) electrons. The number of imidazole rings is 1. The zero-order valence-electron chi connectivity index (χ0n) is 12.2. The Kier molecular flexibility index (Phi) is 4.19. The fraction of sp³-hybridized carbons (Fsp3) is 0.429. The van der Waals surface area contributed by atoms with Gasteiger partial charge in [0.25, 0.3) is 0 Å². The van der Waals surface area contributed by atoms with E-state index in [9.17, 15) is 0 Å². The van der Waals surface area contributed by atoms with E-state index in [2.05, 4.69) is 51.5 Å². The molecule has 2 aromatic heterocycles. The van der Waals surface area contributed by atoms with Crippen molar-refractivity contribution < 1.29 is 0 Å². The predicted octanol–water partition coefficient (Wildman–Crippen LogP) is 2.95. The first-order valence-corrected chi connectivity index (χ1v) is 8.09. The van der Waals surface area contributed by atoms with Crippen LogP contribution in [0.4, 0.5) is 0 Å². The Morgan fingerprint density at radius 3 is 3.10 bits per heavy atom. The minimum atomic E-state index is 0.718. The topological polar surface area (TPSA) is 72.3 Å². The summed E-state index contributed by atoms with van der Waals surface area (Å²) in [6.07, 6.45) is 2.22. The molecular formula is C14H18N6S. The van der Waals surface area contributed by atoms with E-state index in [-0.39, 0.29) is 0 Å². The first-order chi connectivity index (χ1) is 10.3. The van der Waals surface area contributed by atoms with Gasteiger partial charge in [0.1, 0.15) is 0 Å². The number of aryl methyl sites for hydroxylation is 2. The van der Waals surface area contributed by atoms with Crippen LogP contribution in [0.2, 0.25) is 0 Å². The summed E-state index contributed by atoms with van der Waals surface area (Å²) in [5.74, 6) is 1.61. The molecule has 0 aliphatic heterocycles. The highest BCUT2D eigenvalue weighted by atomic mass is 32.2. The maximum atomic E-state index is 4.57. The van der Waals surface area contributed by atoms with E-state index in [4.69, 9.17) is 0 Å². The number of hydrogen-bond donors (Lipinski definition) is 1. The molecule has 0 aliphatic rings. The molecule has 3 aromatic rings. The van der Waals surface area contributed by atoms with Crippen molar-refractivity contribution in [2.75, 3.05) is 0 Å². The fourth-order valence-electron chi connectivity index (χ4n) is 2.11. The second-order valence-corrected chi connectivity index (χ2v) is 5.99. The lowest BCUT2D eigenvalue weighted by molar-refractivity contribution is 0.540. The summed E-state index contributed by atoms with van der Waals surface area (Å²) in [7, 11) is 0. The van der Waals surface area contributed by atoms with Gasteiger partial charge < -0.3 is 4.98 Å². The number of thioether (sulfide) groups is 1. The summed E-state index contributed by atoms with van der Waals surface area (Å²) in [6.45, 7) is 5.11. The van der Waals surface area contributed by atoms with Gasteiger partial charge in [-0.3, -0.25) is 0 Å². The van der Waals surface area contributed by atoms with Crippen molar-refractivity contribution in [3.05, 3.63) is 29.6 Å². The fourth-order valence-corrected chi connectivity index (χ4v) is 2.93. The molecule has 0 atom stereocenters. The Balaban J connectivity index is 1.70. The largest absolute Gasteiger partial charge is 0.333 e. The van der Waals surface area contributed by atoms with Crippen LogP contribution >= 0.6 is 11.8 Å². The standard InChI is InChI=1S/C14H18N6S/c1-3-4-7-20-13(17-18-19-20)9-21-14-15-11-6-5-10(2)8-12(11)16-14/h5-6,8H,3-4,7,9H2,1-2H3,(H,15,16). The van der Waals surface area contributed by atoms with Crippen molar-refractivity contribution in [3.8, 4) is 0 Å². The Labute approximate surface area is 127 Å². The van der Waals surface area contributed by atoms with E-state index >= 15 is 0 Å². The normalized spacial score (nSPS) is 11.3. The van der Waals surface area contributed by atoms with E-state index in [0.29, 0.717) is 0 Å². The molecule has 6 nitrogen and oxygen atoms in total. The van der Waals surface area contributed by atoms with Gasteiger partial charge in [-0.05, 0) is 41.5 Å². The van der Waals surface area contributed by atoms with Crippen LogP contribution in [0.3, 0.4) is 0 Å². The summed E-state index contributed by atoms with van der Waals surface area (Å²) in [4.78, 5) is 7.91. The first kappa shape index (κ1) is 14.1. The molecule has 2 heterocycles. The number of rotatable bonds is 6. The van der Waals surface area contributed by atoms with E-state index < -0.39 is 0 Å². The van der Waals surface area contributed by atoms with Gasteiger partial charge in [-0.25, -0.2) is 9.67 Å². The van der Waals surface area contributed by atoms with Gasteiger partial charge in [0, 0.05) is 6.54 Å². The zero-order valence-corrected chi connectivity index (χ0v) is 13.0. The first-order valence-electron chi connectivity index (χ1n) is 7.10. The third-order valence-electron chi connectivity index (χ3n) is 3.28. The number of benzene rings is 1. The third kappa shape index (κ3) is 3.24. The van der Waals surface area contributed by atoms with Gasteiger partial charge in [0.2, 0.25) is 0 Å². The van der Waals surface area contributed by atoms with Crippen LogP contribution in [0.25, 0.3) is 11.0 Å². The second kappa shape index (κ2) is 6.26. The summed E-state index contributed by atoms with van der Waals surface area (Å²) >= 11 is 1.63. The van der Waals surface area contributed by atoms with E-state index in [1.165, 1.54) is 5.56 Å². The van der Waals surface area contributed by atoms with E-state index in [0.717, 1.165) is 47.2 Å². The molecule has 0 spiro atoms. The molecule has 3 rings (SSSR count). The van der Waals surface area contributed by atoms with Crippen molar-refractivity contribution in [1.29, 1.82) is 0 Å². The van der Waals surface area contributed by atoms with Gasteiger partial charge in [-0.15, -0.1) is 5.10 Å². The van der Waals surface area contributed by atoms with Crippen molar-refractivity contribution in [1.82, 2.24) is 30.2 Å². The lowest BCUT2D eigenvalue weighted by Crippen LogP contribution is -2.05. The smallest absolute Gasteiger partial charge is 0.166 e. The van der Waals surface area contributed by atoms with Gasteiger partial charge in [-0.1, -0.05) is 31.2 Å². The number of nitrogens with zero attached hydrogens (tertiary/aromatic N) is 5. The van der Waals surface area contributed by atoms with E-state index in [1.54, 1.807) is 11.8 Å². The number of fused-ring (bicyclic) bond motifs is 1. The summed E-state index contributed by atoms with van der Waals surface area (Å²) in [5.41, 5.74) is 3.29. The van der Waals surface area contributed by atoms with Crippen molar-refractivity contribution >= 4 is 22.8 Å². The van der Waals surface area contributed by atoms with Crippen LogP contribution in [0.1, 0.15) is 31.2 Å².